The Morgan fingerprint density at radius 3 is 2.83 bits per heavy atom. The molecule has 130 valence electrons. The fourth-order valence-electron chi connectivity index (χ4n) is 2.08. The van der Waals surface area contributed by atoms with Gasteiger partial charge in [-0.15, -0.1) is 0 Å². The number of fused-ring (bicyclic) bond motifs is 1. The first-order chi connectivity index (χ1) is 11.5. The van der Waals surface area contributed by atoms with Crippen LogP contribution in [0.25, 0.3) is 10.2 Å². The van der Waals surface area contributed by atoms with Gasteiger partial charge in [0, 0.05) is 20.1 Å². The van der Waals surface area contributed by atoms with Crippen LogP contribution in [-0.2, 0) is 20.9 Å². The van der Waals surface area contributed by atoms with Crippen molar-refractivity contribution in [2.45, 2.75) is 20.4 Å². The SMILES string of the molecule is CCOCCn1c(=NC(=O)CSC(C)=O)sc2cc(OC)ccc21. The molecule has 0 saturated heterocycles. The third kappa shape index (κ3) is 4.93. The van der Waals surface area contributed by atoms with E-state index in [9.17, 15) is 9.59 Å². The van der Waals surface area contributed by atoms with Gasteiger partial charge in [0.2, 0.25) is 0 Å². The smallest absolute Gasteiger partial charge is 0.258 e. The quantitative estimate of drug-likeness (QED) is 0.702. The second kappa shape index (κ2) is 9.00. The Labute approximate surface area is 148 Å². The highest BCUT2D eigenvalue weighted by molar-refractivity contribution is 8.14. The zero-order chi connectivity index (χ0) is 17.5. The van der Waals surface area contributed by atoms with E-state index in [1.165, 1.54) is 18.3 Å². The van der Waals surface area contributed by atoms with E-state index in [1.807, 2.05) is 29.7 Å². The van der Waals surface area contributed by atoms with E-state index in [0.29, 0.717) is 24.6 Å². The van der Waals surface area contributed by atoms with Crippen LogP contribution >= 0.6 is 23.1 Å². The van der Waals surface area contributed by atoms with Crippen molar-refractivity contribution >= 4 is 44.3 Å². The summed E-state index contributed by atoms with van der Waals surface area (Å²) >= 11 is 2.39. The summed E-state index contributed by atoms with van der Waals surface area (Å²) in [5, 5.41) is -0.0937. The molecule has 0 aliphatic carbocycles. The Morgan fingerprint density at radius 1 is 1.38 bits per heavy atom. The number of nitrogens with zero attached hydrogens (tertiary/aromatic N) is 2. The van der Waals surface area contributed by atoms with Crippen molar-refractivity contribution < 1.29 is 19.1 Å². The number of thioether (sulfide) groups is 1. The standard InChI is InChI=1S/C16H20N2O4S2/c1-4-22-8-7-18-13-6-5-12(21-3)9-14(13)24-16(18)17-15(20)10-23-11(2)19/h5-6,9H,4,7-8,10H2,1-3H3. The van der Waals surface area contributed by atoms with Gasteiger partial charge in [-0.05, 0) is 25.1 Å². The van der Waals surface area contributed by atoms with Crippen molar-refractivity contribution in [3.8, 4) is 5.75 Å². The summed E-state index contributed by atoms with van der Waals surface area (Å²) < 4.78 is 13.6. The lowest BCUT2D eigenvalue weighted by atomic mass is 10.3. The molecule has 0 unspecified atom stereocenters. The molecule has 0 atom stereocenters. The Morgan fingerprint density at radius 2 is 2.17 bits per heavy atom. The van der Waals surface area contributed by atoms with Crippen LogP contribution in [-0.4, -0.2) is 41.7 Å². The lowest BCUT2D eigenvalue weighted by molar-refractivity contribution is -0.116. The molecule has 6 nitrogen and oxygen atoms in total. The lowest BCUT2D eigenvalue weighted by Gasteiger charge is -2.06. The van der Waals surface area contributed by atoms with E-state index in [0.717, 1.165) is 27.7 Å². The van der Waals surface area contributed by atoms with Gasteiger partial charge >= 0.3 is 0 Å². The van der Waals surface area contributed by atoms with Crippen LogP contribution in [0.3, 0.4) is 0 Å². The highest BCUT2D eigenvalue weighted by Crippen LogP contribution is 2.23. The molecular weight excluding hydrogens is 348 g/mol. The molecule has 0 spiro atoms. The first-order valence-corrected chi connectivity index (χ1v) is 9.31. The minimum absolute atomic E-state index is 0.0539. The van der Waals surface area contributed by atoms with Gasteiger partial charge in [0.15, 0.2) is 9.92 Å². The van der Waals surface area contributed by atoms with Crippen LogP contribution in [0.5, 0.6) is 5.75 Å². The fraction of sp³-hybridized carbons (Fsp3) is 0.438. The molecule has 8 heteroatoms. The molecule has 0 aliphatic rings. The third-order valence-electron chi connectivity index (χ3n) is 3.17. The number of methoxy groups -OCH3 is 1. The van der Waals surface area contributed by atoms with E-state index in [-0.39, 0.29) is 16.8 Å². The van der Waals surface area contributed by atoms with Crippen molar-refractivity contribution in [2.24, 2.45) is 4.99 Å². The van der Waals surface area contributed by atoms with E-state index >= 15 is 0 Å². The Bertz CT molecular complexity index is 795. The van der Waals surface area contributed by atoms with Crippen LogP contribution < -0.4 is 9.54 Å². The van der Waals surface area contributed by atoms with Gasteiger partial charge in [-0.1, -0.05) is 23.1 Å². The maximum atomic E-state index is 12.0. The Kier molecular flexibility index (Phi) is 7.01. The molecule has 0 saturated carbocycles. The summed E-state index contributed by atoms with van der Waals surface area (Å²) in [5.41, 5.74) is 0.978. The summed E-state index contributed by atoms with van der Waals surface area (Å²) in [4.78, 5) is 27.8. The Balaban J connectivity index is 2.39. The van der Waals surface area contributed by atoms with E-state index < -0.39 is 0 Å². The minimum Gasteiger partial charge on any atom is -0.497 e. The van der Waals surface area contributed by atoms with Crippen LogP contribution in [0.1, 0.15) is 13.8 Å². The number of thiazole rings is 1. The molecule has 2 rings (SSSR count). The van der Waals surface area contributed by atoms with Crippen molar-refractivity contribution in [1.82, 2.24) is 4.57 Å². The van der Waals surface area contributed by atoms with Gasteiger partial charge in [-0.3, -0.25) is 9.59 Å². The zero-order valence-electron chi connectivity index (χ0n) is 13.9. The van der Waals surface area contributed by atoms with Crippen LogP contribution in [0.15, 0.2) is 23.2 Å². The number of amides is 1. The molecule has 1 heterocycles. The van der Waals surface area contributed by atoms with Gasteiger partial charge in [-0.2, -0.15) is 4.99 Å². The van der Waals surface area contributed by atoms with Gasteiger partial charge in [0.05, 0.1) is 29.7 Å². The summed E-state index contributed by atoms with van der Waals surface area (Å²) in [5.74, 6) is 0.489. The van der Waals surface area contributed by atoms with E-state index in [2.05, 4.69) is 4.99 Å². The molecule has 0 bridgehead atoms. The summed E-state index contributed by atoms with van der Waals surface area (Å²) in [6.45, 7) is 5.15. The number of hydrogen-bond donors (Lipinski definition) is 0. The van der Waals surface area contributed by atoms with Gasteiger partial charge in [-0.25, -0.2) is 0 Å². The van der Waals surface area contributed by atoms with Crippen molar-refractivity contribution in [3.63, 3.8) is 0 Å². The van der Waals surface area contributed by atoms with Gasteiger partial charge in [0.25, 0.3) is 5.91 Å². The van der Waals surface area contributed by atoms with Crippen LogP contribution in [0, 0.1) is 0 Å². The summed E-state index contributed by atoms with van der Waals surface area (Å²) in [7, 11) is 1.62. The number of carbonyl (C=O) groups excluding carboxylic acids is 2. The number of aromatic nitrogens is 1. The first-order valence-electron chi connectivity index (χ1n) is 7.51. The predicted molar refractivity (Wildman–Crippen MR) is 96.6 cm³/mol. The normalized spacial score (nSPS) is 11.9. The molecule has 1 aromatic carbocycles. The number of hydrogen-bond acceptors (Lipinski definition) is 6. The van der Waals surface area contributed by atoms with Crippen molar-refractivity contribution in [2.75, 3.05) is 26.1 Å². The average molecular weight is 368 g/mol. The second-order valence-corrected chi connectivity index (χ2v) is 7.01. The summed E-state index contributed by atoms with van der Waals surface area (Å²) in [6, 6.07) is 5.75. The number of ether oxygens (including phenoxy) is 2. The van der Waals surface area contributed by atoms with Crippen LogP contribution in [0.4, 0.5) is 0 Å². The number of benzene rings is 1. The minimum atomic E-state index is -0.320. The monoisotopic (exact) mass is 368 g/mol. The highest BCUT2D eigenvalue weighted by Gasteiger charge is 2.10. The predicted octanol–water partition coefficient (Wildman–Crippen LogP) is 2.45. The molecule has 24 heavy (non-hydrogen) atoms. The van der Waals surface area contributed by atoms with Crippen molar-refractivity contribution in [1.29, 1.82) is 0 Å². The molecule has 0 aliphatic heterocycles. The Hall–Kier alpha value is -1.64. The number of carbonyl (C=O) groups is 2. The molecule has 1 amide bonds. The van der Waals surface area contributed by atoms with Gasteiger partial charge in [0.1, 0.15) is 5.75 Å². The van der Waals surface area contributed by atoms with Crippen LogP contribution in [0.2, 0.25) is 0 Å². The van der Waals surface area contributed by atoms with E-state index in [1.54, 1.807) is 7.11 Å². The zero-order valence-corrected chi connectivity index (χ0v) is 15.5. The highest BCUT2D eigenvalue weighted by atomic mass is 32.2. The summed E-state index contributed by atoms with van der Waals surface area (Å²) in [6.07, 6.45) is 0. The maximum absolute atomic E-state index is 12.0. The molecule has 1 aromatic heterocycles. The average Bonchev–Trinajstić information content (AvgIpc) is 2.89. The van der Waals surface area contributed by atoms with Crippen molar-refractivity contribution in [3.05, 3.63) is 23.0 Å². The topological polar surface area (TPSA) is 69.9 Å². The van der Waals surface area contributed by atoms with E-state index in [4.69, 9.17) is 9.47 Å². The van der Waals surface area contributed by atoms with Gasteiger partial charge < -0.3 is 14.0 Å². The molecular formula is C16H20N2O4S2. The fourth-order valence-corrected chi connectivity index (χ4v) is 3.58. The largest absolute Gasteiger partial charge is 0.497 e. The third-order valence-corrected chi connectivity index (χ3v) is 5.01. The lowest BCUT2D eigenvalue weighted by Crippen LogP contribution is -2.20. The first kappa shape index (κ1) is 18.7. The molecule has 0 radical (unpaired) electrons. The molecule has 0 N–H and O–H groups in total. The number of rotatable bonds is 7. The maximum Gasteiger partial charge on any atom is 0.258 e. The molecule has 0 fully saturated rings. The second-order valence-electron chi connectivity index (χ2n) is 4.85. The molecule has 2 aromatic rings.